The van der Waals surface area contributed by atoms with Crippen LogP contribution in [0.5, 0.6) is 0 Å². The third kappa shape index (κ3) is 2.22. The molecule has 1 aliphatic carbocycles. The minimum absolute atomic E-state index is 0.570. The molecule has 1 heterocycles. The summed E-state index contributed by atoms with van der Waals surface area (Å²) < 4.78 is 26.7. The van der Waals surface area contributed by atoms with Crippen molar-refractivity contribution in [3.63, 3.8) is 0 Å². The van der Waals surface area contributed by atoms with E-state index in [1.54, 1.807) is 0 Å². The van der Waals surface area contributed by atoms with Gasteiger partial charge in [-0.15, -0.1) is 0 Å². The number of hydrogen-bond donors (Lipinski definition) is 0. The lowest BCUT2D eigenvalue weighted by Crippen LogP contribution is -2.40. The van der Waals surface area contributed by atoms with E-state index in [0.29, 0.717) is 19.4 Å². The van der Waals surface area contributed by atoms with Crippen LogP contribution < -0.4 is 0 Å². The summed E-state index contributed by atoms with van der Waals surface area (Å²) in [5, 5.41) is 0. The fourth-order valence-corrected chi connectivity index (χ4v) is 2.27. The normalized spacial score (nSPS) is 26.3. The summed E-state index contributed by atoms with van der Waals surface area (Å²) in [5.41, 5.74) is 0.686. The number of rotatable bonds is 3. The lowest BCUT2D eigenvalue weighted by Gasteiger charge is -2.32. The van der Waals surface area contributed by atoms with Crippen LogP contribution in [0.1, 0.15) is 33.1 Å². The first-order valence-corrected chi connectivity index (χ1v) is 5.69. The molecule has 0 spiro atoms. The first-order chi connectivity index (χ1) is 6.93. The van der Waals surface area contributed by atoms with Crippen molar-refractivity contribution >= 4 is 0 Å². The average molecular weight is 215 g/mol. The highest BCUT2D eigenvalue weighted by atomic mass is 19.3. The van der Waals surface area contributed by atoms with Gasteiger partial charge >= 0.3 is 0 Å². The maximum Gasteiger partial charge on any atom is 0.252 e. The van der Waals surface area contributed by atoms with Gasteiger partial charge in [-0.2, -0.15) is 0 Å². The van der Waals surface area contributed by atoms with Crippen molar-refractivity contribution in [3.05, 3.63) is 11.6 Å². The summed E-state index contributed by atoms with van der Waals surface area (Å²) in [6.45, 7) is 5.55. The lowest BCUT2D eigenvalue weighted by molar-refractivity contribution is -0.0660. The van der Waals surface area contributed by atoms with Crippen LogP contribution >= 0.6 is 0 Å². The van der Waals surface area contributed by atoms with Crippen LogP contribution in [0, 0.1) is 5.41 Å². The number of halogens is 2. The summed E-state index contributed by atoms with van der Waals surface area (Å²) >= 11 is 0. The van der Waals surface area contributed by atoms with Gasteiger partial charge in [0.25, 0.3) is 5.92 Å². The second-order valence-electron chi connectivity index (χ2n) is 5.20. The zero-order chi connectivity index (χ0) is 11.1. The fraction of sp³-hybridized carbons (Fsp3) is 0.833. The second-order valence-corrected chi connectivity index (χ2v) is 5.20. The molecule has 0 unspecified atom stereocenters. The summed E-state index contributed by atoms with van der Waals surface area (Å²) in [4.78, 5) is 2.16. The quantitative estimate of drug-likeness (QED) is 0.654. The molecule has 86 valence electrons. The Labute approximate surface area is 90.1 Å². The topological polar surface area (TPSA) is 3.24 Å². The van der Waals surface area contributed by atoms with Gasteiger partial charge in [0, 0.05) is 25.0 Å². The van der Waals surface area contributed by atoms with Gasteiger partial charge in [-0.1, -0.05) is 11.6 Å². The zero-order valence-corrected chi connectivity index (χ0v) is 9.52. The molecule has 0 atom stereocenters. The lowest BCUT2D eigenvalue weighted by atomic mass is 9.97. The van der Waals surface area contributed by atoms with Crippen molar-refractivity contribution in [2.24, 2.45) is 5.41 Å². The molecule has 0 bridgehead atoms. The molecule has 1 saturated carbocycles. The maximum atomic E-state index is 13.4. The van der Waals surface area contributed by atoms with Gasteiger partial charge in [0.1, 0.15) is 0 Å². The predicted molar refractivity (Wildman–Crippen MR) is 57.1 cm³/mol. The summed E-state index contributed by atoms with van der Waals surface area (Å²) in [5.74, 6) is -2.51. The van der Waals surface area contributed by atoms with Gasteiger partial charge in [-0.3, -0.25) is 4.90 Å². The van der Waals surface area contributed by atoms with E-state index in [9.17, 15) is 8.78 Å². The molecule has 0 aromatic heterocycles. The van der Waals surface area contributed by atoms with E-state index in [1.165, 1.54) is 5.57 Å². The molecule has 15 heavy (non-hydrogen) atoms. The number of alkyl halides is 2. The Balaban J connectivity index is 1.93. The third-order valence-corrected chi connectivity index (χ3v) is 3.83. The van der Waals surface area contributed by atoms with Crippen LogP contribution in [0.3, 0.4) is 0 Å². The minimum atomic E-state index is -2.51. The molecule has 0 saturated heterocycles. The summed E-state index contributed by atoms with van der Waals surface area (Å²) in [6.07, 6.45) is 4.57. The average Bonchev–Trinajstić information content (AvgIpc) is 2.89. The monoisotopic (exact) mass is 215 g/mol. The molecule has 0 N–H and O–H groups in total. The van der Waals surface area contributed by atoms with Crippen LogP contribution in [0.15, 0.2) is 11.6 Å². The van der Waals surface area contributed by atoms with Crippen molar-refractivity contribution < 1.29 is 8.78 Å². The second kappa shape index (κ2) is 3.55. The number of nitrogens with zero attached hydrogens (tertiary/aromatic N) is 1. The Kier molecular flexibility index (Phi) is 2.61. The highest BCUT2D eigenvalue weighted by Crippen LogP contribution is 2.57. The van der Waals surface area contributed by atoms with E-state index >= 15 is 0 Å². The molecule has 0 aromatic rings. The van der Waals surface area contributed by atoms with Crippen molar-refractivity contribution in [2.75, 3.05) is 19.6 Å². The third-order valence-electron chi connectivity index (χ3n) is 3.83. The van der Waals surface area contributed by atoms with E-state index in [-0.39, 0.29) is 0 Å². The predicted octanol–water partition coefficient (Wildman–Crippen LogP) is 3.07. The Morgan fingerprint density at radius 2 is 2.13 bits per heavy atom. The van der Waals surface area contributed by atoms with Crippen molar-refractivity contribution in [1.82, 2.24) is 4.90 Å². The van der Waals surface area contributed by atoms with Gasteiger partial charge in [0.15, 0.2) is 0 Å². The Morgan fingerprint density at radius 1 is 1.47 bits per heavy atom. The highest BCUT2D eigenvalue weighted by Gasteiger charge is 2.59. The first kappa shape index (κ1) is 11.1. The minimum Gasteiger partial charge on any atom is -0.299 e. The zero-order valence-electron chi connectivity index (χ0n) is 9.52. The molecule has 0 amide bonds. The highest BCUT2D eigenvalue weighted by molar-refractivity contribution is 5.08. The molecule has 0 aromatic carbocycles. The fourth-order valence-electron chi connectivity index (χ4n) is 2.27. The van der Waals surface area contributed by atoms with E-state index < -0.39 is 11.3 Å². The van der Waals surface area contributed by atoms with Crippen molar-refractivity contribution in [2.45, 2.75) is 39.0 Å². The first-order valence-electron chi connectivity index (χ1n) is 5.69. The van der Waals surface area contributed by atoms with Gasteiger partial charge in [0.05, 0.1) is 0 Å². The largest absolute Gasteiger partial charge is 0.299 e. The maximum absolute atomic E-state index is 13.4. The molecule has 1 fully saturated rings. The molecule has 1 aliphatic heterocycles. The van der Waals surface area contributed by atoms with Crippen LogP contribution in [-0.4, -0.2) is 30.5 Å². The van der Waals surface area contributed by atoms with E-state index in [4.69, 9.17) is 0 Å². The van der Waals surface area contributed by atoms with E-state index in [0.717, 1.165) is 26.4 Å². The molecular formula is C12H19F2N. The smallest absolute Gasteiger partial charge is 0.252 e. The Bertz CT molecular complexity index is 274. The van der Waals surface area contributed by atoms with Crippen molar-refractivity contribution in [1.29, 1.82) is 0 Å². The molecule has 2 rings (SSSR count). The van der Waals surface area contributed by atoms with Crippen LogP contribution in [0.25, 0.3) is 0 Å². The Morgan fingerprint density at radius 3 is 2.53 bits per heavy atom. The van der Waals surface area contributed by atoms with Gasteiger partial charge in [-0.25, -0.2) is 8.78 Å². The Hall–Kier alpha value is -0.440. The molecule has 2 aliphatic rings. The van der Waals surface area contributed by atoms with Crippen LogP contribution in [0.4, 0.5) is 8.78 Å². The SMILES string of the molecule is CC1=CCN(CC2(C(C)(F)F)CC2)CC1. The van der Waals surface area contributed by atoms with Crippen LogP contribution in [0.2, 0.25) is 0 Å². The standard InChI is InChI=1S/C12H19F2N/c1-10-3-7-15(8-4-10)9-12(5-6-12)11(2,13)14/h3H,4-9H2,1-2H3. The van der Waals surface area contributed by atoms with Gasteiger partial charge < -0.3 is 0 Å². The van der Waals surface area contributed by atoms with Gasteiger partial charge in [0.2, 0.25) is 0 Å². The molecule has 0 radical (unpaired) electrons. The summed E-state index contributed by atoms with van der Waals surface area (Å²) in [6, 6.07) is 0. The molecule has 1 nitrogen and oxygen atoms in total. The van der Waals surface area contributed by atoms with Gasteiger partial charge in [-0.05, 0) is 33.1 Å². The number of hydrogen-bond acceptors (Lipinski definition) is 1. The molecule has 3 heteroatoms. The van der Waals surface area contributed by atoms with E-state index in [1.807, 2.05) is 0 Å². The summed E-state index contributed by atoms with van der Waals surface area (Å²) in [7, 11) is 0. The van der Waals surface area contributed by atoms with E-state index in [2.05, 4.69) is 17.9 Å². The van der Waals surface area contributed by atoms with Crippen LogP contribution in [-0.2, 0) is 0 Å². The van der Waals surface area contributed by atoms with Crippen molar-refractivity contribution in [3.8, 4) is 0 Å². The molecular weight excluding hydrogens is 196 g/mol.